The minimum absolute atomic E-state index is 0.0103. The van der Waals surface area contributed by atoms with Gasteiger partial charge in [-0.2, -0.15) is 0 Å². The normalized spacial score (nSPS) is 19.0. The van der Waals surface area contributed by atoms with E-state index in [-0.39, 0.29) is 6.04 Å². The van der Waals surface area contributed by atoms with Crippen LogP contribution in [0.3, 0.4) is 0 Å². The molecule has 0 radical (unpaired) electrons. The largest absolute Gasteiger partial charge is 0.465 e. The lowest BCUT2D eigenvalue weighted by Gasteiger charge is -2.23. The van der Waals surface area contributed by atoms with E-state index in [9.17, 15) is 4.79 Å². The third-order valence-corrected chi connectivity index (χ3v) is 3.63. The lowest BCUT2D eigenvalue weighted by molar-refractivity contribution is 0.142. The highest BCUT2D eigenvalue weighted by Crippen LogP contribution is 2.31. The first-order valence-electron chi connectivity index (χ1n) is 5.75. The van der Waals surface area contributed by atoms with Gasteiger partial charge in [-0.15, -0.1) is 0 Å². The molecule has 3 N–H and O–H groups in total. The Morgan fingerprint density at radius 3 is 2.94 bits per heavy atom. The maximum atomic E-state index is 10.9. The van der Waals surface area contributed by atoms with E-state index in [1.54, 1.807) is 19.2 Å². The van der Waals surface area contributed by atoms with Gasteiger partial charge < -0.3 is 20.6 Å². The van der Waals surface area contributed by atoms with Gasteiger partial charge in [-0.25, -0.2) is 4.79 Å². The van der Waals surface area contributed by atoms with Gasteiger partial charge in [0.1, 0.15) is 0 Å². The number of carboxylic acid groups (broad SMARTS) is 1. The van der Waals surface area contributed by atoms with Crippen LogP contribution in [0.1, 0.15) is 6.42 Å². The molecule has 1 aliphatic rings. The summed E-state index contributed by atoms with van der Waals surface area (Å²) in [4.78, 5) is 14.3. The molecule has 1 atom stereocenters. The average Bonchev–Trinajstić information content (AvgIpc) is 2.77. The zero-order valence-electron chi connectivity index (χ0n) is 10.1. The Balaban J connectivity index is 2.11. The first kappa shape index (κ1) is 12.8. The zero-order valence-corrected chi connectivity index (χ0v) is 10.9. The molecule has 1 aromatic rings. The predicted molar refractivity (Wildman–Crippen MR) is 72.3 cm³/mol. The molecule has 1 unspecified atom stereocenters. The second kappa shape index (κ2) is 4.94. The summed E-state index contributed by atoms with van der Waals surface area (Å²) in [6.45, 7) is 1.46. The van der Waals surface area contributed by atoms with E-state index < -0.39 is 6.09 Å². The minimum Gasteiger partial charge on any atom is -0.465 e. The molecule has 0 aliphatic carbocycles. The van der Waals surface area contributed by atoms with Crippen LogP contribution in [-0.2, 0) is 0 Å². The fraction of sp³-hybridized carbons (Fsp3) is 0.417. The van der Waals surface area contributed by atoms with Crippen molar-refractivity contribution in [1.82, 2.24) is 4.90 Å². The fourth-order valence-electron chi connectivity index (χ4n) is 2.21. The number of amides is 1. The lowest BCUT2D eigenvalue weighted by atomic mass is 10.2. The van der Waals surface area contributed by atoms with E-state index in [0.29, 0.717) is 17.3 Å². The standard InChI is InChI=1S/C12H16ClN3O2/c1-15(12(17)18)9-4-5-16(7-9)11-3-2-8(14)6-10(11)13/h2-3,6,9H,4-5,7,14H2,1H3,(H,17,18). The molecule has 2 rings (SSSR count). The molecule has 98 valence electrons. The molecule has 1 aromatic carbocycles. The van der Waals surface area contributed by atoms with Crippen LogP contribution in [-0.4, -0.2) is 42.3 Å². The van der Waals surface area contributed by atoms with E-state index in [2.05, 4.69) is 4.90 Å². The number of hydrogen-bond donors (Lipinski definition) is 2. The van der Waals surface area contributed by atoms with Crippen molar-refractivity contribution in [3.8, 4) is 0 Å². The number of rotatable bonds is 2. The Labute approximate surface area is 111 Å². The molecule has 1 aliphatic heterocycles. The van der Waals surface area contributed by atoms with Crippen LogP contribution in [0.15, 0.2) is 18.2 Å². The monoisotopic (exact) mass is 269 g/mol. The van der Waals surface area contributed by atoms with Crippen LogP contribution in [0.25, 0.3) is 0 Å². The fourth-order valence-corrected chi connectivity index (χ4v) is 2.52. The number of carbonyl (C=O) groups is 1. The highest BCUT2D eigenvalue weighted by Gasteiger charge is 2.29. The number of nitrogen functional groups attached to an aromatic ring is 1. The SMILES string of the molecule is CN(C(=O)O)C1CCN(c2ccc(N)cc2Cl)C1. The summed E-state index contributed by atoms with van der Waals surface area (Å²) < 4.78 is 0. The molecule has 1 saturated heterocycles. The average molecular weight is 270 g/mol. The summed E-state index contributed by atoms with van der Waals surface area (Å²) in [6.07, 6.45) is -0.0889. The van der Waals surface area contributed by atoms with E-state index in [0.717, 1.165) is 18.7 Å². The Morgan fingerprint density at radius 2 is 2.33 bits per heavy atom. The molecule has 5 nitrogen and oxygen atoms in total. The van der Waals surface area contributed by atoms with Crippen molar-refractivity contribution in [2.45, 2.75) is 12.5 Å². The molecule has 1 fully saturated rings. The van der Waals surface area contributed by atoms with Crippen LogP contribution >= 0.6 is 11.6 Å². The van der Waals surface area contributed by atoms with Gasteiger partial charge in [0.15, 0.2) is 0 Å². The molecule has 6 heteroatoms. The van der Waals surface area contributed by atoms with Crippen molar-refractivity contribution in [2.24, 2.45) is 0 Å². The summed E-state index contributed by atoms with van der Waals surface area (Å²) in [6, 6.07) is 5.40. The van der Waals surface area contributed by atoms with Crippen LogP contribution in [0.5, 0.6) is 0 Å². The first-order valence-corrected chi connectivity index (χ1v) is 6.12. The van der Waals surface area contributed by atoms with Crippen LogP contribution in [0.2, 0.25) is 5.02 Å². The maximum Gasteiger partial charge on any atom is 0.407 e. The second-order valence-corrected chi connectivity index (χ2v) is 4.90. The molecule has 0 aromatic heterocycles. The van der Waals surface area contributed by atoms with Crippen molar-refractivity contribution in [2.75, 3.05) is 30.8 Å². The molecule has 18 heavy (non-hydrogen) atoms. The van der Waals surface area contributed by atoms with Gasteiger partial charge in [0.05, 0.1) is 16.8 Å². The summed E-state index contributed by atoms with van der Waals surface area (Å²) in [5, 5.41) is 9.56. The molecule has 0 spiro atoms. The van der Waals surface area contributed by atoms with Gasteiger partial charge in [0.2, 0.25) is 0 Å². The number of halogens is 1. The molecule has 1 heterocycles. The Morgan fingerprint density at radius 1 is 1.61 bits per heavy atom. The zero-order chi connectivity index (χ0) is 13.3. The van der Waals surface area contributed by atoms with Crippen molar-refractivity contribution < 1.29 is 9.90 Å². The predicted octanol–water partition coefficient (Wildman–Crippen LogP) is 2.11. The van der Waals surface area contributed by atoms with Crippen LogP contribution in [0.4, 0.5) is 16.2 Å². The van der Waals surface area contributed by atoms with E-state index in [1.165, 1.54) is 4.90 Å². The van der Waals surface area contributed by atoms with Gasteiger partial charge in [-0.1, -0.05) is 11.6 Å². The Hall–Kier alpha value is -1.62. The van der Waals surface area contributed by atoms with E-state index >= 15 is 0 Å². The number of anilines is 2. The molecule has 0 bridgehead atoms. The van der Waals surface area contributed by atoms with Gasteiger partial charge in [-0.05, 0) is 24.6 Å². The number of likely N-dealkylation sites (N-methyl/N-ethyl adjacent to an activating group) is 1. The summed E-state index contributed by atoms with van der Waals surface area (Å²) >= 11 is 6.15. The Bertz CT molecular complexity index is 467. The molecular weight excluding hydrogens is 254 g/mol. The van der Waals surface area contributed by atoms with Crippen molar-refractivity contribution in [1.29, 1.82) is 0 Å². The second-order valence-electron chi connectivity index (χ2n) is 4.49. The minimum atomic E-state index is -0.898. The highest BCUT2D eigenvalue weighted by molar-refractivity contribution is 6.33. The van der Waals surface area contributed by atoms with Crippen molar-refractivity contribution >= 4 is 29.1 Å². The van der Waals surface area contributed by atoms with Gasteiger partial charge in [-0.3, -0.25) is 0 Å². The number of hydrogen-bond acceptors (Lipinski definition) is 3. The van der Waals surface area contributed by atoms with Gasteiger partial charge in [0, 0.05) is 25.8 Å². The molecule has 0 saturated carbocycles. The quantitative estimate of drug-likeness (QED) is 0.807. The van der Waals surface area contributed by atoms with Crippen LogP contribution in [0, 0.1) is 0 Å². The number of nitrogens with two attached hydrogens (primary N) is 1. The Kier molecular flexibility index (Phi) is 3.52. The topological polar surface area (TPSA) is 69.8 Å². The molecular formula is C12H16ClN3O2. The summed E-state index contributed by atoms with van der Waals surface area (Å²) in [7, 11) is 1.60. The van der Waals surface area contributed by atoms with Gasteiger partial charge in [0.25, 0.3) is 0 Å². The number of benzene rings is 1. The van der Waals surface area contributed by atoms with Crippen molar-refractivity contribution in [3.63, 3.8) is 0 Å². The highest BCUT2D eigenvalue weighted by atomic mass is 35.5. The third-order valence-electron chi connectivity index (χ3n) is 3.33. The summed E-state index contributed by atoms with van der Waals surface area (Å²) in [5.41, 5.74) is 7.19. The summed E-state index contributed by atoms with van der Waals surface area (Å²) in [5.74, 6) is 0. The number of nitrogens with zero attached hydrogens (tertiary/aromatic N) is 2. The lowest BCUT2D eigenvalue weighted by Crippen LogP contribution is -2.38. The maximum absolute atomic E-state index is 10.9. The van der Waals surface area contributed by atoms with E-state index in [1.807, 2.05) is 6.07 Å². The first-order chi connectivity index (χ1) is 8.49. The smallest absolute Gasteiger partial charge is 0.407 e. The third kappa shape index (κ3) is 2.46. The van der Waals surface area contributed by atoms with Gasteiger partial charge >= 0.3 is 6.09 Å². The van der Waals surface area contributed by atoms with Crippen LogP contribution < -0.4 is 10.6 Å². The molecule has 1 amide bonds. The van der Waals surface area contributed by atoms with Crippen molar-refractivity contribution in [3.05, 3.63) is 23.2 Å². The van der Waals surface area contributed by atoms with E-state index in [4.69, 9.17) is 22.4 Å².